The third-order valence-electron chi connectivity index (χ3n) is 3.08. The molecule has 0 aliphatic carbocycles. The van der Waals surface area contributed by atoms with E-state index >= 15 is 0 Å². The van der Waals surface area contributed by atoms with Gasteiger partial charge in [-0.05, 0) is 30.9 Å². The van der Waals surface area contributed by atoms with Gasteiger partial charge in [-0.1, -0.05) is 24.3 Å². The molecule has 1 heterocycles. The first kappa shape index (κ1) is 10.7. The molecular formula is C13H18O2. The monoisotopic (exact) mass is 206 g/mol. The van der Waals surface area contributed by atoms with E-state index in [1.165, 1.54) is 11.1 Å². The van der Waals surface area contributed by atoms with E-state index in [2.05, 4.69) is 19.1 Å². The minimum Gasteiger partial charge on any atom is -0.390 e. The van der Waals surface area contributed by atoms with E-state index in [0.29, 0.717) is 6.42 Å². The molecule has 1 fully saturated rings. The average molecular weight is 206 g/mol. The molecule has 1 aromatic carbocycles. The number of benzene rings is 1. The highest BCUT2D eigenvalue weighted by molar-refractivity contribution is 5.26. The Kier molecular flexibility index (Phi) is 3.39. The quantitative estimate of drug-likeness (QED) is 0.820. The van der Waals surface area contributed by atoms with Crippen LogP contribution in [0.2, 0.25) is 0 Å². The van der Waals surface area contributed by atoms with Crippen LogP contribution in [-0.4, -0.2) is 23.9 Å². The molecule has 1 N–H and O–H groups in total. The predicted octanol–water partition coefficient (Wildman–Crippen LogP) is 2.08. The largest absolute Gasteiger partial charge is 0.390 e. The van der Waals surface area contributed by atoms with Gasteiger partial charge in [-0.2, -0.15) is 0 Å². The predicted molar refractivity (Wildman–Crippen MR) is 59.9 cm³/mol. The smallest absolute Gasteiger partial charge is 0.0842 e. The molecule has 0 spiro atoms. The Morgan fingerprint density at radius 1 is 1.47 bits per heavy atom. The molecule has 0 bridgehead atoms. The fourth-order valence-corrected chi connectivity index (χ4v) is 2.10. The maximum Gasteiger partial charge on any atom is 0.0842 e. The molecule has 0 amide bonds. The summed E-state index contributed by atoms with van der Waals surface area (Å²) < 4.78 is 5.48. The molecule has 1 aliphatic heterocycles. The van der Waals surface area contributed by atoms with E-state index in [-0.39, 0.29) is 12.2 Å². The molecule has 2 rings (SSSR count). The van der Waals surface area contributed by atoms with Crippen molar-refractivity contribution >= 4 is 0 Å². The maximum absolute atomic E-state index is 10.0. The molecule has 2 unspecified atom stereocenters. The van der Waals surface area contributed by atoms with Gasteiger partial charge in [-0.15, -0.1) is 0 Å². The minimum atomic E-state index is -0.353. The van der Waals surface area contributed by atoms with Crippen LogP contribution in [0.5, 0.6) is 0 Å². The number of hydrogen-bond donors (Lipinski definition) is 1. The van der Waals surface area contributed by atoms with Crippen molar-refractivity contribution < 1.29 is 9.84 Å². The Hall–Kier alpha value is -0.860. The third kappa shape index (κ3) is 2.58. The molecule has 0 aromatic heterocycles. The molecule has 0 saturated carbocycles. The normalized spacial score (nSPS) is 22.9. The lowest BCUT2D eigenvalue weighted by molar-refractivity contribution is -0.000835. The van der Waals surface area contributed by atoms with Crippen LogP contribution < -0.4 is 0 Å². The Bertz CT molecular complexity index is 316. The van der Waals surface area contributed by atoms with Crippen molar-refractivity contribution in [2.24, 2.45) is 0 Å². The zero-order chi connectivity index (χ0) is 10.7. The van der Waals surface area contributed by atoms with Gasteiger partial charge in [0.1, 0.15) is 0 Å². The summed E-state index contributed by atoms with van der Waals surface area (Å²) in [4.78, 5) is 0. The SMILES string of the molecule is Cc1ccccc1CC(O)C1CCCO1. The molecule has 0 radical (unpaired) electrons. The Labute approximate surface area is 90.9 Å². The van der Waals surface area contributed by atoms with Crippen molar-refractivity contribution in [1.29, 1.82) is 0 Å². The highest BCUT2D eigenvalue weighted by atomic mass is 16.5. The summed E-state index contributed by atoms with van der Waals surface area (Å²) in [5, 5.41) is 10.0. The molecular weight excluding hydrogens is 188 g/mol. The lowest BCUT2D eigenvalue weighted by atomic mass is 9.99. The summed E-state index contributed by atoms with van der Waals surface area (Å²) in [5.74, 6) is 0. The van der Waals surface area contributed by atoms with Crippen molar-refractivity contribution in [1.82, 2.24) is 0 Å². The van der Waals surface area contributed by atoms with E-state index < -0.39 is 0 Å². The maximum atomic E-state index is 10.0. The van der Waals surface area contributed by atoms with Crippen LogP contribution in [0.15, 0.2) is 24.3 Å². The van der Waals surface area contributed by atoms with Crippen LogP contribution in [-0.2, 0) is 11.2 Å². The van der Waals surface area contributed by atoms with Crippen molar-refractivity contribution in [3.63, 3.8) is 0 Å². The first-order valence-electron chi connectivity index (χ1n) is 5.61. The number of ether oxygens (including phenoxy) is 1. The summed E-state index contributed by atoms with van der Waals surface area (Å²) in [7, 11) is 0. The number of aliphatic hydroxyl groups excluding tert-OH is 1. The van der Waals surface area contributed by atoms with Crippen molar-refractivity contribution in [3.8, 4) is 0 Å². The van der Waals surface area contributed by atoms with Crippen LogP contribution in [0.4, 0.5) is 0 Å². The summed E-state index contributed by atoms with van der Waals surface area (Å²) in [6, 6.07) is 8.20. The van der Waals surface area contributed by atoms with Crippen molar-refractivity contribution in [2.45, 2.75) is 38.4 Å². The summed E-state index contributed by atoms with van der Waals surface area (Å²) in [6.45, 7) is 2.88. The molecule has 1 saturated heterocycles. The van der Waals surface area contributed by atoms with E-state index in [4.69, 9.17) is 4.74 Å². The van der Waals surface area contributed by atoms with Gasteiger partial charge in [-0.3, -0.25) is 0 Å². The van der Waals surface area contributed by atoms with Crippen LogP contribution in [0.1, 0.15) is 24.0 Å². The molecule has 2 heteroatoms. The Balaban J connectivity index is 1.99. The van der Waals surface area contributed by atoms with Crippen molar-refractivity contribution in [2.75, 3.05) is 6.61 Å². The highest BCUT2D eigenvalue weighted by Gasteiger charge is 2.24. The fourth-order valence-electron chi connectivity index (χ4n) is 2.10. The first-order valence-corrected chi connectivity index (χ1v) is 5.61. The fraction of sp³-hybridized carbons (Fsp3) is 0.538. The van der Waals surface area contributed by atoms with Crippen LogP contribution >= 0.6 is 0 Å². The average Bonchev–Trinajstić information content (AvgIpc) is 2.74. The molecule has 2 nitrogen and oxygen atoms in total. The van der Waals surface area contributed by atoms with Crippen molar-refractivity contribution in [3.05, 3.63) is 35.4 Å². The van der Waals surface area contributed by atoms with Gasteiger partial charge in [0, 0.05) is 13.0 Å². The van der Waals surface area contributed by atoms with E-state index in [1.807, 2.05) is 12.1 Å². The second-order valence-corrected chi connectivity index (χ2v) is 4.25. The number of aryl methyl sites for hydroxylation is 1. The minimum absolute atomic E-state index is 0.0459. The zero-order valence-corrected chi connectivity index (χ0v) is 9.15. The van der Waals surface area contributed by atoms with Crippen LogP contribution in [0, 0.1) is 6.92 Å². The second kappa shape index (κ2) is 4.77. The standard InChI is InChI=1S/C13H18O2/c1-10-5-2-3-6-11(10)9-12(14)13-7-4-8-15-13/h2-3,5-6,12-14H,4,7-9H2,1H3. The number of hydrogen-bond acceptors (Lipinski definition) is 2. The van der Waals surface area contributed by atoms with E-state index in [9.17, 15) is 5.11 Å². The van der Waals surface area contributed by atoms with Gasteiger partial charge in [0.15, 0.2) is 0 Å². The van der Waals surface area contributed by atoms with Crippen LogP contribution in [0.25, 0.3) is 0 Å². The van der Waals surface area contributed by atoms with Gasteiger partial charge in [0.25, 0.3) is 0 Å². The molecule has 82 valence electrons. The lowest BCUT2D eigenvalue weighted by Gasteiger charge is -2.18. The molecule has 2 atom stereocenters. The van der Waals surface area contributed by atoms with E-state index in [0.717, 1.165) is 19.4 Å². The van der Waals surface area contributed by atoms with Gasteiger partial charge in [0.2, 0.25) is 0 Å². The number of rotatable bonds is 3. The van der Waals surface area contributed by atoms with Crippen LogP contribution in [0.3, 0.4) is 0 Å². The highest BCUT2D eigenvalue weighted by Crippen LogP contribution is 2.19. The van der Waals surface area contributed by atoms with Gasteiger partial charge in [0.05, 0.1) is 12.2 Å². The molecule has 1 aliphatic rings. The van der Waals surface area contributed by atoms with Gasteiger partial charge in [-0.25, -0.2) is 0 Å². The topological polar surface area (TPSA) is 29.5 Å². The summed E-state index contributed by atoms with van der Waals surface area (Å²) in [6.07, 6.45) is 2.47. The molecule has 1 aromatic rings. The second-order valence-electron chi connectivity index (χ2n) is 4.25. The summed E-state index contributed by atoms with van der Waals surface area (Å²) in [5.41, 5.74) is 2.47. The Morgan fingerprint density at radius 3 is 2.93 bits per heavy atom. The van der Waals surface area contributed by atoms with Gasteiger partial charge >= 0.3 is 0 Å². The van der Waals surface area contributed by atoms with Gasteiger partial charge < -0.3 is 9.84 Å². The third-order valence-corrected chi connectivity index (χ3v) is 3.08. The lowest BCUT2D eigenvalue weighted by Crippen LogP contribution is -2.27. The zero-order valence-electron chi connectivity index (χ0n) is 9.15. The molecule has 15 heavy (non-hydrogen) atoms. The first-order chi connectivity index (χ1) is 7.27. The van der Waals surface area contributed by atoms with E-state index in [1.54, 1.807) is 0 Å². The Morgan fingerprint density at radius 2 is 2.27 bits per heavy atom. The summed E-state index contributed by atoms with van der Waals surface area (Å²) >= 11 is 0. The number of aliphatic hydroxyl groups is 1.